The van der Waals surface area contributed by atoms with Crippen molar-refractivity contribution in [3.8, 4) is 0 Å². The van der Waals surface area contributed by atoms with Crippen molar-refractivity contribution < 1.29 is 14.4 Å². The summed E-state index contributed by atoms with van der Waals surface area (Å²) in [5, 5.41) is 5.00. The Morgan fingerprint density at radius 3 is 2.38 bits per heavy atom. The highest BCUT2D eigenvalue weighted by Gasteiger charge is 2.15. The minimum atomic E-state index is -0.743. The third-order valence-electron chi connectivity index (χ3n) is 2.98. The normalized spacial score (nSPS) is 9.86. The zero-order valence-corrected chi connectivity index (χ0v) is 12.6. The van der Waals surface area contributed by atoms with Gasteiger partial charge in [-0.05, 0) is 18.1 Å². The average Bonchev–Trinajstić information content (AvgIpc) is 2.47. The van der Waals surface area contributed by atoms with Crippen molar-refractivity contribution in [2.45, 2.75) is 19.8 Å². The summed E-state index contributed by atoms with van der Waals surface area (Å²) in [7, 11) is 3.27. The molecule has 2 N–H and O–H groups in total. The van der Waals surface area contributed by atoms with E-state index in [2.05, 4.69) is 10.6 Å². The number of rotatable bonds is 5. The molecule has 6 heteroatoms. The first kappa shape index (κ1) is 16.7. The summed E-state index contributed by atoms with van der Waals surface area (Å²) in [6.07, 6.45) is 0.924. The molecule has 0 fully saturated rings. The Morgan fingerprint density at radius 1 is 1.10 bits per heavy atom. The molecule has 21 heavy (non-hydrogen) atoms. The van der Waals surface area contributed by atoms with Gasteiger partial charge in [-0.15, -0.1) is 0 Å². The molecule has 0 spiro atoms. The first-order valence-corrected chi connectivity index (χ1v) is 6.83. The molecular weight excluding hydrogens is 270 g/mol. The average molecular weight is 291 g/mol. The van der Waals surface area contributed by atoms with Gasteiger partial charge in [0.1, 0.15) is 0 Å². The SMILES string of the molecule is CCc1ccccc1NC(=O)C(=O)NCCC(=O)N(C)C. The van der Waals surface area contributed by atoms with Gasteiger partial charge in [-0.2, -0.15) is 0 Å². The molecule has 3 amide bonds. The number of benzene rings is 1. The van der Waals surface area contributed by atoms with Gasteiger partial charge < -0.3 is 15.5 Å². The van der Waals surface area contributed by atoms with Crippen molar-refractivity contribution in [2.75, 3.05) is 26.0 Å². The number of nitrogens with one attached hydrogen (secondary N) is 2. The third kappa shape index (κ3) is 5.25. The minimum absolute atomic E-state index is 0.105. The number of hydrogen-bond donors (Lipinski definition) is 2. The van der Waals surface area contributed by atoms with Gasteiger partial charge in [0.05, 0.1) is 0 Å². The lowest BCUT2D eigenvalue weighted by Crippen LogP contribution is -2.37. The number of carbonyl (C=O) groups is 3. The maximum Gasteiger partial charge on any atom is 0.313 e. The second kappa shape index (κ2) is 8.04. The van der Waals surface area contributed by atoms with Crippen LogP contribution in [0.15, 0.2) is 24.3 Å². The van der Waals surface area contributed by atoms with Crippen LogP contribution in [0.1, 0.15) is 18.9 Å². The van der Waals surface area contributed by atoms with Crippen LogP contribution < -0.4 is 10.6 Å². The van der Waals surface area contributed by atoms with E-state index in [-0.39, 0.29) is 18.9 Å². The van der Waals surface area contributed by atoms with Gasteiger partial charge in [0.25, 0.3) is 0 Å². The third-order valence-corrected chi connectivity index (χ3v) is 2.98. The molecule has 0 saturated heterocycles. The number of amides is 3. The van der Waals surface area contributed by atoms with Crippen molar-refractivity contribution in [1.82, 2.24) is 10.2 Å². The summed E-state index contributed by atoms with van der Waals surface area (Å²) in [6, 6.07) is 7.31. The lowest BCUT2D eigenvalue weighted by molar-refractivity contribution is -0.136. The summed E-state index contributed by atoms with van der Waals surface area (Å²) in [5.41, 5.74) is 1.59. The first-order valence-electron chi connectivity index (χ1n) is 6.83. The molecule has 1 aromatic carbocycles. The molecule has 0 aromatic heterocycles. The Labute approximate surface area is 124 Å². The van der Waals surface area contributed by atoms with Crippen LogP contribution in [0.5, 0.6) is 0 Å². The van der Waals surface area contributed by atoms with Crippen LogP contribution in [0.25, 0.3) is 0 Å². The molecule has 0 aliphatic heterocycles. The van der Waals surface area contributed by atoms with E-state index < -0.39 is 11.8 Å². The Morgan fingerprint density at radius 2 is 1.76 bits per heavy atom. The van der Waals surface area contributed by atoms with E-state index in [1.807, 2.05) is 19.1 Å². The van der Waals surface area contributed by atoms with Crippen molar-refractivity contribution in [1.29, 1.82) is 0 Å². The molecule has 6 nitrogen and oxygen atoms in total. The van der Waals surface area contributed by atoms with Crippen LogP contribution in [-0.2, 0) is 20.8 Å². The molecule has 0 bridgehead atoms. The summed E-state index contributed by atoms with van der Waals surface area (Å²) in [6.45, 7) is 2.11. The summed E-state index contributed by atoms with van der Waals surface area (Å²) >= 11 is 0. The largest absolute Gasteiger partial charge is 0.349 e. The van der Waals surface area contributed by atoms with Gasteiger partial charge in [-0.1, -0.05) is 25.1 Å². The van der Waals surface area contributed by atoms with Crippen molar-refractivity contribution >= 4 is 23.4 Å². The van der Waals surface area contributed by atoms with Crippen LogP contribution in [0.4, 0.5) is 5.69 Å². The number of hydrogen-bond acceptors (Lipinski definition) is 3. The topological polar surface area (TPSA) is 78.5 Å². The second-order valence-electron chi connectivity index (χ2n) is 4.76. The highest BCUT2D eigenvalue weighted by molar-refractivity contribution is 6.39. The maximum absolute atomic E-state index is 11.8. The quantitative estimate of drug-likeness (QED) is 0.787. The molecule has 114 valence electrons. The van der Waals surface area contributed by atoms with Gasteiger partial charge in [0.15, 0.2) is 0 Å². The molecule has 0 aliphatic carbocycles. The minimum Gasteiger partial charge on any atom is -0.349 e. The zero-order chi connectivity index (χ0) is 15.8. The fourth-order valence-electron chi connectivity index (χ4n) is 1.72. The van der Waals surface area contributed by atoms with Gasteiger partial charge in [-0.3, -0.25) is 14.4 Å². The highest BCUT2D eigenvalue weighted by Crippen LogP contribution is 2.14. The first-order chi connectivity index (χ1) is 9.95. The summed E-state index contributed by atoms with van der Waals surface area (Å²) < 4.78 is 0. The molecule has 0 heterocycles. The molecule has 1 rings (SSSR count). The van der Waals surface area contributed by atoms with Crippen LogP contribution in [0.3, 0.4) is 0 Å². The number of para-hydroxylation sites is 1. The molecule has 1 aromatic rings. The summed E-state index contributed by atoms with van der Waals surface area (Å²) in [4.78, 5) is 36.2. The highest BCUT2D eigenvalue weighted by atomic mass is 16.2. The van der Waals surface area contributed by atoms with E-state index in [1.165, 1.54) is 4.90 Å². The monoisotopic (exact) mass is 291 g/mol. The van der Waals surface area contributed by atoms with Crippen LogP contribution in [0, 0.1) is 0 Å². The standard InChI is InChI=1S/C15H21N3O3/c1-4-11-7-5-6-8-12(11)17-15(21)14(20)16-10-9-13(19)18(2)3/h5-8H,4,9-10H2,1-3H3,(H,16,20)(H,17,21). The molecule has 0 unspecified atom stereocenters. The molecule has 0 aliphatic rings. The predicted molar refractivity (Wildman–Crippen MR) is 80.8 cm³/mol. The van der Waals surface area contributed by atoms with Gasteiger partial charge in [0, 0.05) is 32.7 Å². The van der Waals surface area contributed by atoms with Gasteiger partial charge in [0.2, 0.25) is 5.91 Å². The maximum atomic E-state index is 11.8. The molecule has 0 saturated carbocycles. The number of anilines is 1. The van der Waals surface area contributed by atoms with E-state index in [4.69, 9.17) is 0 Å². The fraction of sp³-hybridized carbons (Fsp3) is 0.400. The Kier molecular flexibility index (Phi) is 6.39. The van der Waals surface area contributed by atoms with E-state index in [9.17, 15) is 14.4 Å². The van der Waals surface area contributed by atoms with Crippen LogP contribution in [-0.4, -0.2) is 43.3 Å². The van der Waals surface area contributed by atoms with Gasteiger partial charge >= 0.3 is 11.8 Å². The molecular formula is C15H21N3O3. The Bertz CT molecular complexity index is 527. The van der Waals surface area contributed by atoms with Crippen molar-refractivity contribution in [2.24, 2.45) is 0 Å². The molecule has 0 radical (unpaired) electrons. The lowest BCUT2D eigenvalue weighted by Gasteiger charge is -2.11. The van der Waals surface area contributed by atoms with Crippen molar-refractivity contribution in [3.05, 3.63) is 29.8 Å². The Balaban J connectivity index is 2.48. The molecule has 0 atom stereocenters. The predicted octanol–water partition coefficient (Wildman–Crippen LogP) is 0.782. The van der Waals surface area contributed by atoms with Crippen molar-refractivity contribution in [3.63, 3.8) is 0 Å². The zero-order valence-electron chi connectivity index (χ0n) is 12.6. The summed E-state index contributed by atoms with van der Waals surface area (Å²) in [5.74, 6) is -1.58. The lowest BCUT2D eigenvalue weighted by atomic mass is 10.1. The smallest absolute Gasteiger partial charge is 0.313 e. The number of carbonyl (C=O) groups excluding carboxylic acids is 3. The van der Waals surface area contributed by atoms with E-state index in [1.54, 1.807) is 26.2 Å². The van der Waals surface area contributed by atoms with E-state index in [0.29, 0.717) is 5.69 Å². The van der Waals surface area contributed by atoms with Crippen LogP contribution in [0.2, 0.25) is 0 Å². The Hall–Kier alpha value is -2.37. The van der Waals surface area contributed by atoms with E-state index in [0.717, 1.165) is 12.0 Å². The number of nitrogens with zero attached hydrogens (tertiary/aromatic N) is 1. The second-order valence-corrected chi connectivity index (χ2v) is 4.76. The van der Waals surface area contributed by atoms with E-state index >= 15 is 0 Å². The van der Waals surface area contributed by atoms with Gasteiger partial charge in [-0.25, -0.2) is 0 Å². The fourth-order valence-corrected chi connectivity index (χ4v) is 1.72. The number of aryl methyl sites for hydroxylation is 1. The van der Waals surface area contributed by atoms with Crippen LogP contribution >= 0.6 is 0 Å².